The van der Waals surface area contributed by atoms with Gasteiger partial charge in [-0.05, 0) is 30.0 Å². The average molecular weight is 391 g/mol. The largest absolute Gasteiger partial charge is 0.383 e. The van der Waals surface area contributed by atoms with Crippen LogP contribution in [0.25, 0.3) is 0 Å². The summed E-state index contributed by atoms with van der Waals surface area (Å²) in [6.07, 6.45) is 5.12. The van der Waals surface area contributed by atoms with Gasteiger partial charge in [-0.3, -0.25) is 5.73 Å². The molecule has 0 spiro atoms. The van der Waals surface area contributed by atoms with Crippen LogP contribution in [0.2, 0.25) is 0 Å². The van der Waals surface area contributed by atoms with E-state index < -0.39 is 6.43 Å². The number of rotatable bonds is 8. The molecule has 0 unspecified atom stereocenters. The summed E-state index contributed by atoms with van der Waals surface area (Å²) in [6, 6.07) is 3.82. The smallest absolute Gasteiger partial charge is 0.276 e. The van der Waals surface area contributed by atoms with E-state index in [0.717, 1.165) is 17.2 Å². The summed E-state index contributed by atoms with van der Waals surface area (Å²) in [7, 11) is 0. The van der Waals surface area contributed by atoms with E-state index >= 15 is 0 Å². The molecule has 0 saturated carbocycles. The van der Waals surface area contributed by atoms with E-state index in [1.165, 1.54) is 6.33 Å². The highest BCUT2D eigenvalue weighted by molar-refractivity contribution is 5.40. The molecular formula is C21H30F2N5+. The Labute approximate surface area is 165 Å². The molecule has 0 aliphatic carbocycles. The summed E-state index contributed by atoms with van der Waals surface area (Å²) in [4.78, 5) is 8.14. The number of alkyl halides is 2. The first-order valence-corrected chi connectivity index (χ1v) is 9.52. The van der Waals surface area contributed by atoms with Crippen molar-refractivity contribution >= 4 is 11.6 Å². The second-order valence-corrected chi connectivity index (χ2v) is 7.62. The van der Waals surface area contributed by atoms with Gasteiger partial charge in [0.15, 0.2) is 0 Å². The standard InChI is InChI=1S/C21H29F2N5/c1-13(2)16(7-8-19(22)23)17-6-5-9-28(21(17)25)11-14(3)15(4)18-10-26-12-27-20(18)24/h5-10,12-16,19,25H,11H2,1-4H3,(H2,24,26,27)/p+1/b8-7+/t14-,15-,16-/m0/s1. The van der Waals surface area contributed by atoms with Gasteiger partial charge in [-0.1, -0.05) is 33.8 Å². The molecule has 0 saturated heterocycles. The van der Waals surface area contributed by atoms with Gasteiger partial charge in [-0.15, -0.1) is 0 Å². The summed E-state index contributed by atoms with van der Waals surface area (Å²) in [5, 5.41) is 0. The third-order valence-corrected chi connectivity index (χ3v) is 5.29. The summed E-state index contributed by atoms with van der Waals surface area (Å²) < 4.78 is 27.3. The SMILES string of the molecule is CC(C)[C@H](/C=C/C(F)F)c1ccc[n+](C[C@H](C)[C@H](C)c2cncnc2N)c1N. The minimum Gasteiger partial charge on any atom is -0.383 e. The Morgan fingerprint density at radius 2 is 1.82 bits per heavy atom. The first-order valence-electron chi connectivity index (χ1n) is 9.52. The Morgan fingerprint density at radius 1 is 1.11 bits per heavy atom. The molecular weight excluding hydrogens is 360 g/mol. The lowest BCUT2D eigenvalue weighted by Gasteiger charge is -2.22. The average Bonchev–Trinajstić information content (AvgIpc) is 2.64. The molecule has 4 N–H and O–H groups in total. The number of allylic oxidation sites excluding steroid dienone is 2. The van der Waals surface area contributed by atoms with E-state index in [1.807, 2.05) is 36.7 Å². The van der Waals surface area contributed by atoms with Crippen molar-refractivity contribution in [3.05, 3.63) is 54.1 Å². The summed E-state index contributed by atoms with van der Waals surface area (Å²) in [5.74, 6) is 1.40. The molecule has 5 nitrogen and oxygen atoms in total. The van der Waals surface area contributed by atoms with E-state index in [2.05, 4.69) is 23.8 Å². The minimum atomic E-state index is -2.47. The Morgan fingerprint density at radius 3 is 2.43 bits per heavy atom. The van der Waals surface area contributed by atoms with Crippen molar-refractivity contribution in [3.8, 4) is 0 Å². The second kappa shape index (κ2) is 9.57. The number of pyridine rings is 1. The van der Waals surface area contributed by atoms with Crippen LogP contribution >= 0.6 is 0 Å². The monoisotopic (exact) mass is 390 g/mol. The van der Waals surface area contributed by atoms with Crippen molar-refractivity contribution in [1.82, 2.24) is 9.97 Å². The third kappa shape index (κ3) is 5.24. The van der Waals surface area contributed by atoms with Crippen LogP contribution in [-0.2, 0) is 6.54 Å². The fourth-order valence-corrected chi connectivity index (χ4v) is 3.39. The van der Waals surface area contributed by atoms with Crippen LogP contribution in [0.3, 0.4) is 0 Å². The number of nitrogens with zero attached hydrogens (tertiary/aromatic N) is 3. The number of anilines is 2. The first kappa shape index (κ1) is 21.7. The lowest BCUT2D eigenvalue weighted by Crippen LogP contribution is -2.41. The third-order valence-electron chi connectivity index (χ3n) is 5.29. The molecule has 2 aromatic heterocycles. The zero-order chi connectivity index (χ0) is 20.8. The maximum atomic E-state index is 12.7. The van der Waals surface area contributed by atoms with Crippen LogP contribution in [0.5, 0.6) is 0 Å². The Hall–Kier alpha value is -2.57. The normalized spacial score (nSPS) is 15.3. The van der Waals surface area contributed by atoms with Crippen molar-refractivity contribution in [3.63, 3.8) is 0 Å². The Kier molecular flexibility index (Phi) is 7.43. The van der Waals surface area contributed by atoms with Crippen LogP contribution in [0.4, 0.5) is 20.4 Å². The fraction of sp³-hybridized carbons (Fsp3) is 0.476. The maximum Gasteiger partial charge on any atom is 0.276 e. The molecule has 2 heterocycles. The zero-order valence-electron chi connectivity index (χ0n) is 16.9. The van der Waals surface area contributed by atoms with Crippen molar-refractivity contribution < 1.29 is 13.3 Å². The van der Waals surface area contributed by atoms with E-state index in [0.29, 0.717) is 18.2 Å². The van der Waals surface area contributed by atoms with Crippen LogP contribution in [0.1, 0.15) is 50.7 Å². The number of aromatic nitrogens is 3. The van der Waals surface area contributed by atoms with Gasteiger partial charge in [-0.25, -0.2) is 23.3 Å². The second-order valence-electron chi connectivity index (χ2n) is 7.62. The molecule has 0 radical (unpaired) electrons. The summed E-state index contributed by atoms with van der Waals surface area (Å²) in [6.45, 7) is 8.87. The number of halogens is 2. The maximum absolute atomic E-state index is 12.7. The van der Waals surface area contributed by atoms with E-state index in [4.69, 9.17) is 11.5 Å². The number of nitrogen functional groups attached to an aromatic ring is 2. The van der Waals surface area contributed by atoms with Crippen molar-refractivity contribution in [2.24, 2.45) is 11.8 Å². The number of hydrogen-bond donors (Lipinski definition) is 2. The van der Waals surface area contributed by atoms with Gasteiger partial charge >= 0.3 is 0 Å². The summed E-state index contributed by atoms with van der Waals surface area (Å²) in [5.41, 5.74) is 14.2. The molecule has 2 rings (SSSR count). The quantitative estimate of drug-likeness (QED) is 0.529. The predicted molar refractivity (Wildman–Crippen MR) is 108 cm³/mol. The number of hydrogen-bond acceptors (Lipinski definition) is 4. The lowest BCUT2D eigenvalue weighted by atomic mass is 9.87. The fourth-order valence-electron chi connectivity index (χ4n) is 3.39. The molecule has 0 aromatic carbocycles. The van der Waals surface area contributed by atoms with Crippen LogP contribution in [0.15, 0.2) is 43.0 Å². The van der Waals surface area contributed by atoms with Crippen LogP contribution < -0.4 is 16.0 Å². The zero-order valence-corrected chi connectivity index (χ0v) is 16.9. The highest BCUT2D eigenvalue weighted by Crippen LogP contribution is 2.30. The predicted octanol–water partition coefficient (Wildman–Crippen LogP) is 3.93. The molecule has 152 valence electrons. The van der Waals surface area contributed by atoms with Gasteiger partial charge in [0.1, 0.15) is 12.1 Å². The van der Waals surface area contributed by atoms with Crippen LogP contribution in [-0.4, -0.2) is 16.4 Å². The van der Waals surface area contributed by atoms with Gasteiger partial charge in [-0.2, -0.15) is 0 Å². The highest BCUT2D eigenvalue weighted by Gasteiger charge is 2.24. The summed E-state index contributed by atoms with van der Waals surface area (Å²) >= 11 is 0. The molecule has 3 atom stereocenters. The molecule has 2 aromatic rings. The molecule has 0 aliphatic heterocycles. The van der Waals surface area contributed by atoms with Crippen molar-refractivity contribution in [1.29, 1.82) is 0 Å². The first-order chi connectivity index (χ1) is 13.2. The molecule has 0 aliphatic rings. The molecule has 0 bridgehead atoms. The highest BCUT2D eigenvalue weighted by atomic mass is 19.3. The Balaban J connectivity index is 2.27. The molecule has 0 fully saturated rings. The lowest BCUT2D eigenvalue weighted by molar-refractivity contribution is -0.689. The molecule has 0 amide bonds. The van der Waals surface area contributed by atoms with E-state index in [-0.39, 0.29) is 23.7 Å². The van der Waals surface area contributed by atoms with Gasteiger partial charge in [0, 0.05) is 29.2 Å². The molecule has 7 heteroatoms. The van der Waals surface area contributed by atoms with E-state index in [9.17, 15) is 8.78 Å². The van der Waals surface area contributed by atoms with Crippen molar-refractivity contribution in [2.75, 3.05) is 11.5 Å². The molecule has 28 heavy (non-hydrogen) atoms. The van der Waals surface area contributed by atoms with Crippen LogP contribution in [0, 0.1) is 11.8 Å². The van der Waals surface area contributed by atoms with Crippen molar-refractivity contribution in [2.45, 2.75) is 52.5 Å². The van der Waals surface area contributed by atoms with E-state index in [1.54, 1.807) is 12.3 Å². The van der Waals surface area contributed by atoms with Gasteiger partial charge < -0.3 is 5.73 Å². The topological polar surface area (TPSA) is 81.7 Å². The van der Waals surface area contributed by atoms with Gasteiger partial charge in [0.2, 0.25) is 0 Å². The van der Waals surface area contributed by atoms with Gasteiger partial charge in [0.25, 0.3) is 12.2 Å². The minimum absolute atomic E-state index is 0.136. The van der Waals surface area contributed by atoms with Gasteiger partial charge in [0.05, 0.1) is 12.7 Å². The number of nitrogens with two attached hydrogens (primary N) is 2. The Bertz CT molecular complexity index is 807.